The molecule has 0 unspecified atom stereocenters. The van der Waals surface area contributed by atoms with Gasteiger partial charge in [-0.3, -0.25) is 4.79 Å². The average molecular weight is 330 g/mol. The van der Waals surface area contributed by atoms with Crippen LogP contribution in [-0.2, 0) is 14.8 Å². The Hall–Kier alpha value is -0.620. The Labute approximate surface area is 134 Å². The second kappa shape index (κ2) is 7.77. The van der Waals surface area contributed by atoms with Crippen molar-refractivity contribution >= 4 is 15.9 Å². The summed E-state index contributed by atoms with van der Waals surface area (Å²) >= 11 is 0. The van der Waals surface area contributed by atoms with Crippen molar-refractivity contribution in [3.05, 3.63) is 0 Å². The lowest BCUT2D eigenvalue weighted by Gasteiger charge is -2.30. The molecule has 5 nitrogen and oxygen atoms in total. The predicted octanol–water partition coefficient (Wildman–Crippen LogP) is 2.32. The molecule has 2 rings (SSSR count). The fourth-order valence-corrected chi connectivity index (χ4v) is 4.38. The van der Waals surface area contributed by atoms with E-state index in [4.69, 9.17) is 0 Å². The van der Waals surface area contributed by atoms with E-state index in [0.29, 0.717) is 6.04 Å². The van der Waals surface area contributed by atoms with Crippen LogP contribution in [0, 0.1) is 5.92 Å². The zero-order valence-electron chi connectivity index (χ0n) is 13.8. The second-order valence-electron chi connectivity index (χ2n) is 7.10. The van der Waals surface area contributed by atoms with Crippen LogP contribution in [0.5, 0.6) is 0 Å². The molecule has 0 radical (unpaired) electrons. The van der Waals surface area contributed by atoms with Crippen LogP contribution >= 0.6 is 0 Å². The van der Waals surface area contributed by atoms with E-state index in [0.717, 1.165) is 38.5 Å². The van der Waals surface area contributed by atoms with Crippen LogP contribution in [0.2, 0.25) is 0 Å². The van der Waals surface area contributed by atoms with Crippen LogP contribution in [0.4, 0.5) is 0 Å². The second-order valence-corrected chi connectivity index (χ2v) is 9.37. The minimum Gasteiger partial charge on any atom is -0.353 e. The molecule has 0 heterocycles. The Morgan fingerprint density at radius 2 is 1.50 bits per heavy atom. The van der Waals surface area contributed by atoms with Crippen molar-refractivity contribution in [2.45, 2.75) is 89.0 Å². The topological polar surface area (TPSA) is 75.3 Å². The summed E-state index contributed by atoms with van der Waals surface area (Å²) in [5.41, 5.74) is 0. The Morgan fingerprint density at radius 3 is 2.05 bits per heavy atom. The highest BCUT2D eigenvalue weighted by Crippen LogP contribution is 2.26. The molecule has 0 spiro atoms. The molecule has 2 N–H and O–H groups in total. The van der Waals surface area contributed by atoms with E-state index < -0.39 is 15.3 Å². The van der Waals surface area contributed by atoms with E-state index >= 15 is 0 Å². The first-order valence-electron chi connectivity index (χ1n) is 8.70. The first-order chi connectivity index (χ1) is 10.4. The summed E-state index contributed by atoms with van der Waals surface area (Å²) in [4.78, 5) is 12.3. The van der Waals surface area contributed by atoms with Crippen molar-refractivity contribution in [2.24, 2.45) is 5.92 Å². The highest BCUT2D eigenvalue weighted by Gasteiger charge is 2.30. The van der Waals surface area contributed by atoms with E-state index in [-0.39, 0.29) is 17.9 Å². The summed E-state index contributed by atoms with van der Waals surface area (Å²) in [6.45, 7) is 3.37. The summed E-state index contributed by atoms with van der Waals surface area (Å²) < 4.78 is 26.5. The molecule has 0 aliphatic heterocycles. The summed E-state index contributed by atoms with van der Waals surface area (Å²) in [5.74, 6) is 0.235. The van der Waals surface area contributed by atoms with Gasteiger partial charge in [0.25, 0.3) is 0 Å². The van der Waals surface area contributed by atoms with Crippen molar-refractivity contribution in [2.75, 3.05) is 0 Å². The van der Waals surface area contributed by atoms with Gasteiger partial charge in [0.1, 0.15) is 0 Å². The molecule has 1 amide bonds. The maximum absolute atomic E-state index is 12.3. The van der Waals surface area contributed by atoms with Gasteiger partial charge in [0.05, 0.1) is 5.25 Å². The summed E-state index contributed by atoms with van der Waals surface area (Å²) in [6.07, 6.45) is 9.01. The molecule has 0 bridgehead atoms. The van der Waals surface area contributed by atoms with Gasteiger partial charge in [0, 0.05) is 18.0 Å². The molecule has 0 aromatic rings. The average Bonchev–Trinajstić information content (AvgIpc) is 2.48. The number of hydrogen-bond donors (Lipinski definition) is 2. The van der Waals surface area contributed by atoms with Crippen molar-refractivity contribution < 1.29 is 13.2 Å². The lowest BCUT2D eigenvalue weighted by molar-refractivity contribution is -0.127. The third-order valence-corrected chi connectivity index (χ3v) is 6.90. The highest BCUT2D eigenvalue weighted by molar-refractivity contribution is 7.90. The monoisotopic (exact) mass is 330 g/mol. The molecular weight excluding hydrogens is 300 g/mol. The molecule has 2 aliphatic rings. The molecule has 0 saturated heterocycles. The smallest absolute Gasteiger partial charge is 0.223 e. The number of carbonyl (C=O) groups excluding carboxylic acids is 1. The molecule has 2 saturated carbocycles. The van der Waals surface area contributed by atoms with Gasteiger partial charge in [0.2, 0.25) is 15.9 Å². The Balaban J connectivity index is 1.75. The van der Waals surface area contributed by atoms with E-state index in [9.17, 15) is 13.2 Å². The van der Waals surface area contributed by atoms with Crippen LogP contribution in [0.25, 0.3) is 0 Å². The van der Waals surface area contributed by atoms with Gasteiger partial charge >= 0.3 is 0 Å². The van der Waals surface area contributed by atoms with Gasteiger partial charge in [-0.05, 0) is 52.4 Å². The van der Waals surface area contributed by atoms with Crippen LogP contribution in [-0.4, -0.2) is 31.7 Å². The fraction of sp³-hybridized carbons (Fsp3) is 0.938. The Kier molecular flexibility index (Phi) is 6.26. The molecule has 2 aliphatic carbocycles. The van der Waals surface area contributed by atoms with Crippen molar-refractivity contribution in [3.8, 4) is 0 Å². The zero-order valence-corrected chi connectivity index (χ0v) is 14.6. The molecule has 0 atom stereocenters. The number of nitrogens with one attached hydrogen (secondary N) is 2. The van der Waals surface area contributed by atoms with Crippen LogP contribution in [0.3, 0.4) is 0 Å². The van der Waals surface area contributed by atoms with Crippen molar-refractivity contribution in [1.82, 2.24) is 10.0 Å². The van der Waals surface area contributed by atoms with Gasteiger partial charge in [-0.25, -0.2) is 13.1 Å². The molecule has 128 valence electrons. The van der Waals surface area contributed by atoms with E-state index in [2.05, 4.69) is 10.0 Å². The third-order valence-electron chi connectivity index (χ3n) is 5.00. The number of rotatable bonds is 5. The summed E-state index contributed by atoms with van der Waals surface area (Å²) in [5, 5.41) is 2.79. The lowest BCUT2D eigenvalue weighted by atomic mass is 9.85. The lowest BCUT2D eigenvalue weighted by Crippen LogP contribution is -2.45. The van der Waals surface area contributed by atoms with Crippen LogP contribution in [0.1, 0.15) is 71.6 Å². The standard InChI is InChI=1S/C16H30N2O3S/c1-12(2)22(20,21)18-15-10-8-13(9-11-15)16(19)17-14-6-4-3-5-7-14/h12-15,18H,3-11H2,1-2H3,(H,17,19)/t13-,15-. The minimum atomic E-state index is -3.21. The maximum Gasteiger partial charge on any atom is 0.223 e. The first-order valence-corrected chi connectivity index (χ1v) is 10.2. The SMILES string of the molecule is CC(C)S(=O)(=O)N[C@H]1CC[C@H](C(=O)NC2CCCCC2)CC1. The van der Waals surface area contributed by atoms with E-state index in [1.165, 1.54) is 19.3 Å². The van der Waals surface area contributed by atoms with Crippen molar-refractivity contribution in [3.63, 3.8) is 0 Å². The van der Waals surface area contributed by atoms with Gasteiger partial charge in [-0.2, -0.15) is 0 Å². The number of sulfonamides is 1. The Morgan fingerprint density at radius 1 is 0.909 bits per heavy atom. The van der Waals surface area contributed by atoms with Gasteiger partial charge in [0.15, 0.2) is 0 Å². The quantitative estimate of drug-likeness (QED) is 0.812. The summed E-state index contributed by atoms with van der Waals surface area (Å²) in [7, 11) is -3.21. The predicted molar refractivity (Wildman–Crippen MR) is 88.0 cm³/mol. The van der Waals surface area contributed by atoms with Gasteiger partial charge < -0.3 is 5.32 Å². The third kappa shape index (κ3) is 4.95. The molecule has 22 heavy (non-hydrogen) atoms. The minimum absolute atomic E-state index is 0.00821. The number of amides is 1. The molecule has 0 aromatic carbocycles. The van der Waals surface area contributed by atoms with Crippen LogP contribution in [0.15, 0.2) is 0 Å². The first kappa shape index (κ1) is 17.7. The number of carbonyl (C=O) groups is 1. The van der Waals surface area contributed by atoms with Crippen LogP contribution < -0.4 is 10.0 Å². The summed E-state index contributed by atoms with van der Waals surface area (Å²) in [6, 6.07) is 0.351. The number of hydrogen-bond acceptors (Lipinski definition) is 3. The van der Waals surface area contributed by atoms with E-state index in [1.807, 2.05) is 0 Å². The highest BCUT2D eigenvalue weighted by atomic mass is 32.2. The normalized spacial score (nSPS) is 27.8. The van der Waals surface area contributed by atoms with Crippen molar-refractivity contribution in [1.29, 1.82) is 0 Å². The van der Waals surface area contributed by atoms with Gasteiger partial charge in [-0.15, -0.1) is 0 Å². The largest absolute Gasteiger partial charge is 0.353 e. The zero-order chi connectivity index (χ0) is 16.2. The fourth-order valence-electron chi connectivity index (χ4n) is 3.41. The molecule has 2 fully saturated rings. The maximum atomic E-state index is 12.3. The molecule has 6 heteroatoms. The van der Waals surface area contributed by atoms with E-state index in [1.54, 1.807) is 13.8 Å². The molecule has 0 aromatic heterocycles. The van der Waals surface area contributed by atoms with Gasteiger partial charge in [-0.1, -0.05) is 19.3 Å². The molecular formula is C16H30N2O3S. The Bertz CT molecular complexity index is 462.